The number of aromatic nitrogens is 3. The lowest BCUT2D eigenvalue weighted by Gasteiger charge is -2.18. The number of rotatable bonds is 9. The second kappa shape index (κ2) is 11.2. The van der Waals surface area contributed by atoms with Crippen LogP contribution < -0.4 is 5.32 Å². The largest absolute Gasteiger partial charge is 0.370 e. The fraction of sp³-hybridized carbons (Fsp3) is 0.172. The van der Waals surface area contributed by atoms with Gasteiger partial charge in [0.25, 0.3) is 0 Å². The topological polar surface area (TPSA) is 45.5 Å². The Labute approximate surface area is 224 Å². The first-order valence-corrected chi connectivity index (χ1v) is 13.1. The second-order valence-corrected chi connectivity index (χ2v) is 10.1. The van der Waals surface area contributed by atoms with Crippen molar-refractivity contribution in [3.63, 3.8) is 0 Å². The molecule has 5 rings (SSSR count). The van der Waals surface area contributed by atoms with Crippen molar-refractivity contribution < 1.29 is 0 Å². The molecule has 0 unspecified atom stereocenters. The number of nitrogens with one attached hydrogen (secondary N) is 1. The van der Waals surface area contributed by atoms with Gasteiger partial charge in [-0.05, 0) is 58.7 Å². The van der Waals surface area contributed by atoms with E-state index in [1.54, 1.807) is 6.20 Å². The zero-order chi connectivity index (χ0) is 24.9. The molecule has 0 atom stereocenters. The third kappa shape index (κ3) is 5.62. The average molecular weight is 561 g/mol. The van der Waals surface area contributed by atoms with Crippen molar-refractivity contribution in [1.82, 2.24) is 19.5 Å². The van der Waals surface area contributed by atoms with Crippen LogP contribution in [0.1, 0.15) is 12.0 Å². The minimum absolute atomic E-state index is 0.675. The van der Waals surface area contributed by atoms with Crippen molar-refractivity contribution in [2.75, 3.05) is 25.5 Å². The van der Waals surface area contributed by atoms with Gasteiger partial charge in [0.2, 0.25) is 0 Å². The van der Waals surface area contributed by atoms with Crippen LogP contribution in [0.25, 0.3) is 28.0 Å². The number of benzene rings is 3. The van der Waals surface area contributed by atoms with E-state index < -0.39 is 0 Å². The number of anilines is 1. The minimum Gasteiger partial charge on any atom is -0.370 e. The van der Waals surface area contributed by atoms with Crippen molar-refractivity contribution in [2.45, 2.75) is 13.0 Å². The number of halogens is 2. The molecule has 0 aliphatic heterocycles. The van der Waals surface area contributed by atoms with Gasteiger partial charge in [0.15, 0.2) is 5.65 Å². The summed E-state index contributed by atoms with van der Waals surface area (Å²) in [5.74, 6) is 0.889. The van der Waals surface area contributed by atoms with E-state index in [4.69, 9.17) is 16.6 Å². The molecule has 0 spiro atoms. The van der Waals surface area contributed by atoms with Crippen LogP contribution in [0.4, 0.5) is 5.82 Å². The minimum atomic E-state index is 0.675. The summed E-state index contributed by atoms with van der Waals surface area (Å²) < 4.78 is 2.67. The first-order chi connectivity index (χ1) is 17.6. The number of hydrogen-bond acceptors (Lipinski definition) is 4. The van der Waals surface area contributed by atoms with Crippen molar-refractivity contribution in [2.24, 2.45) is 0 Å². The molecule has 0 aliphatic rings. The Balaban J connectivity index is 1.20. The molecule has 0 amide bonds. The highest BCUT2D eigenvalue weighted by atomic mass is 79.9. The Bertz CT molecular complexity index is 1450. The summed E-state index contributed by atoms with van der Waals surface area (Å²) in [6, 6.07) is 29.1. The van der Waals surface area contributed by atoms with Crippen molar-refractivity contribution in [3.05, 3.63) is 106 Å². The average Bonchev–Trinajstić information content (AvgIpc) is 3.28. The molecule has 2 aromatic heterocycles. The molecule has 5 aromatic rings. The van der Waals surface area contributed by atoms with E-state index in [-0.39, 0.29) is 0 Å². The second-order valence-electron chi connectivity index (χ2n) is 8.82. The van der Waals surface area contributed by atoms with Gasteiger partial charge in [-0.15, -0.1) is 0 Å². The maximum absolute atomic E-state index is 6.44. The molecule has 0 aliphatic carbocycles. The predicted molar refractivity (Wildman–Crippen MR) is 152 cm³/mol. The quantitative estimate of drug-likeness (QED) is 0.191. The monoisotopic (exact) mass is 559 g/mol. The van der Waals surface area contributed by atoms with Crippen LogP contribution >= 0.6 is 27.5 Å². The summed E-state index contributed by atoms with van der Waals surface area (Å²) in [5, 5.41) is 8.70. The smallest absolute Gasteiger partial charge is 0.172 e. The van der Waals surface area contributed by atoms with E-state index in [2.05, 4.69) is 86.8 Å². The van der Waals surface area contributed by atoms with Gasteiger partial charge in [-0.3, -0.25) is 0 Å². The molecular weight excluding hydrogens is 534 g/mol. The summed E-state index contributed by atoms with van der Waals surface area (Å²) >= 11 is 10.0. The van der Waals surface area contributed by atoms with Crippen LogP contribution in [0, 0.1) is 0 Å². The maximum atomic E-state index is 6.44. The lowest BCUT2D eigenvalue weighted by molar-refractivity contribution is 0.325. The van der Waals surface area contributed by atoms with E-state index in [1.807, 2.05) is 40.9 Å². The maximum Gasteiger partial charge on any atom is 0.172 e. The number of nitrogens with zero attached hydrogens (tertiary/aromatic N) is 4. The molecule has 36 heavy (non-hydrogen) atoms. The third-order valence-electron chi connectivity index (χ3n) is 6.11. The highest BCUT2D eigenvalue weighted by Gasteiger charge is 2.13. The first-order valence-electron chi connectivity index (χ1n) is 11.9. The lowest BCUT2D eigenvalue weighted by atomic mass is 10.0. The van der Waals surface area contributed by atoms with Crippen molar-refractivity contribution in [3.8, 4) is 22.4 Å². The summed E-state index contributed by atoms with van der Waals surface area (Å²) in [6.45, 7) is 2.70. The summed E-state index contributed by atoms with van der Waals surface area (Å²) in [4.78, 5) is 7.12. The zero-order valence-corrected chi connectivity index (χ0v) is 22.4. The van der Waals surface area contributed by atoms with E-state index in [0.29, 0.717) is 5.02 Å². The molecule has 3 aromatic carbocycles. The number of hydrogen-bond donors (Lipinski definition) is 1. The van der Waals surface area contributed by atoms with Crippen LogP contribution in [-0.4, -0.2) is 39.6 Å². The molecule has 0 fully saturated rings. The Hall–Kier alpha value is -3.19. The molecule has 0 radical (unpaired) electrons. The van der Waals surface area contributed by atoms with Crippen molar-refractivity contribution >= 4 is 39.0 Å². The van der Waals surface area contributed by atoms with E-state index >= 15 is 0 Å². The molecule has 5 nitrogen and oxygen atoms in total. The molecule has 182 valence electrons. The van der Waals surface area contributed by atoms with Crippen molar-refractivity contribution in [1.29, 1.82) is 0 Å². The zero-order valence-electron chi connectivity index (χ0n) is 20.0. The van der Waals surface area contributed by atoms with Gasteiger partial charge in [0.05, 0.1) is 16.4 Å². The first kappa shape index (κ1) is 24.5. The highest BCUT2D eigenvalue weighted by molar-refractivity contribution is 9.10. The molecular formula is C29H27BrClN5. The standard InChI is InChI=1S/C29H27BrClN5/c1-35(20-21-12-14-23(15-13-21)22-8-3-2-4-9-22)17-7-16-32-28-18-27(24-10-5-6-11-26(24)31)34-29-25(30)19-33-36(28)29/h2-6,8-15,18-19,32H,7,16-17,20H2,1H3. The molecule has 2 heterocycles. The number of fused-ring (bicyclic) bond motifs is 1. The third-order valence-corrected chi connectivity index (χ3v) is 7.00. The molecule has 0 bridgehead atoms. The predicted octanol–water partition coefficient (Wildman–Crippen LogP) is 7.41. The van der Waals surface area contributed by atoms with Gasteiger partial charge in [0.1, 0.15) is 5.82 Å². The Morgan fingerprint density at radius 3 is 2.44 bits per heavy atom. The van der Waals surface area contributed by atoms with Gasteiger partial charge in [-0.2, -0.15) is 9.61 Å². The van der Waals surface area contributed by atoms with Crippen LogP contribution in [0.5, 0.6) is 0 Å². The molecule has 7 heteroatoms. The summed E-state index contributed by atoms with van der Waals surface area (Å²) in [5.41, 5.74) is 6.27. The summed E-state index contributed by atoms with van der Waals surface area (Å²) in [7, 11) is 2.16. The highest BCUT2D eigenvalue weighted by Crippen LogP contribution is 2.30. The Morgan fingerprint density at radius 1 is 0.944 bits per heavy atom. The van der Waals surface area contributed by atoms with Crippen LogP contribution in [0.3, 0.4) is 0 Å². The summed E-state index contributed by atoms with van der Waals surface area (Å²) in [6.07, 6.45) is 2.76. The van der Waals surface area contributed by atoms with Crippen LogP contribution in [0.2, 0.25) is 5.02 Å². The molecule has 0 saturated carbocycles. The Morgan fingerprint density at radius 2 is 1.67 bits per heavy atom. The van der Waals surface area contributed by atoms with Gasteiger partial charge >= 0.3 is 0 Å². The molecule has 0 saturated heterocycles. The fourth-order valence-electron chi connectivity index (χ4n) is 4.26. The Kier molecular flexibility index (Phi) is 7.66. The SMILES string of the molecule is CN(CCCNc1cc(-c2ccccc2Cl)nc2c(Br)cnn12)Cc1ccc(-c2ccccc2)cc1. The molecule has 1 N–H and O–H groups in total. The normalized spacial score (nSPS) is 11.3. The van der Waals surface area contributed by atoms with Gasteiger partial charge in [-0.25, -0.2) is 4.98 Å². The van der Waals surface area contributed by atoms with E-state index in [1.165, 1.54) is 16.7 Å². The van der Waals surface area contributed by atoms with Gasteiger partial charge in [-0.1, -0.05) is 84.4 Å². The van der Waals surface area contributed by atoms with Gasteiger partial charge < -0.3 is 10.2 Å². The van der Waals surface area contributed by atoms with E-state index in [9.17, 15) is 0 Å². The van der Waals surface area contributed by atoms with Crippen LogP contribution in [-0.2, 0) is 6.54 Å². The van der Waals surface area contributed by atoms with Gasteiger partial charge in [0, 0.05) is 29.7 Å². The van der Waals surface area contributed by atoms with Crippen LogP contribution in [0.15, 0.2) is 95.6 Å². The lowest BCUT2D eigenvalue weighted by Crippen LogP contribution is -2.21. The fourth-order valence-corrected chi connectivity index (χ4v) is 4.84. The van der Waals surface area contributed by atoms with E-state index in [0.717, 1.165) is 53.3 Å².